The van der Waals surface area contributed by atoms with Crippen molar-refractivity contribution in [3.63, 3.8) is 0 Å². The van der Waals surface area contributed by atoms with Crippen molar-refractivity contribution in [3.8, 4) is 0 Å². The lowest BCUT2D eigenvalue weighted by Crippen LogP contribution is -2.44. The van der Waals surface area contributed by atoms with Crippen LogP contribution in [0.15, 0.2) is 0 Å². The summed E-state index contributed by atoms with van der Waals surface area (Å²) in [6.07, 6.45) is 2.33. The van der Waals surface area contributed by atoms with E-state index >= 15 is 0 Å². The standard InChI is InChI=1S/C15H29NO4/c1-6-15(2,3)14(19)20-12-11-16(4,5)10-8-7-9-13(17)18/h6-12H2,1-5H3. The first kappa shape index (κ1) is 18.9. The summed E-state index contributed by atoms with van der Waals surface area (Å²) in [6, 6.07) is 0. The summed E-state index contributed by atoms with van der Waals surface area (Å²) in [5.41, 5.74) is -0.425. The number of carboxylic acid groups (broad SMARTS) is 1. The van der Waals surface area contributed by atoms with Crippen LogP contribution in [0.25, 0.3) is 0 Å². The van der Waals surface area contributed by atoms with Crippen molar-refractivity contribution >= 4 is 11.9 Å². The molecule has 0 aromatic carbocycles. The molecule has 20 heavy (non-hydrogen) atoms. The predicted octanol–water partition coefficient (Wildman–Crippen LogP) is 0.962. The van der Waals surface area contributed by atoms with Gasteiger partial charge in [-0.15, -0.1) is 0 Å². The molecule has 5 nitrogen and oxygen atoms in total. The van der Waals surface area contributed by atoms with E-state index in [0.717, 1.165) is 25.9 Å². The summed E-state index contributed by atoms with van der Waals surface area (Å²) in [5, 5.41) is 10.3. The Labute approximate surface area is 122 Å². The first-order valence-electron chi connectivity index (χ1n) is 7.30. The summed E-state index contributed by atoms with van der Waals surface area (Å²) >= 11 is 0. The largest absolute Gasteiger partial charge is 0.550 e. The highest BCUT2D eigenvalue weighted by Crippen LogP contribution is 2.21. The second-order valence-electron chi connectivity index (χ2n) is 6.59. The SMILES string of the molecule is CCC(C)(C)C(=O)OCC[N+](C)(C)CCCCC(=O)[O-]. The third-order valence-corrected chi connectivity index (χ3v) is 3.76. The molecule has 0 atom stereocenters. The van der Waals surface area contributed by atoms with Crippen molar-refractivity contribution < 1.29 is 23.9 Å². The molecule has 118 valence electrons. The number of unbranched alkanes of at least 4 members (excludes halogenated alkanes) is 1. The molecule has 0 fully saturated rings. The quantitative estimate of drug-likeness (QED) is 0.341. The van der Waals surface area contributed by atoms with E-state index in [1.54, 1.807) is 0 Å². The van der Waals surface area contributed by atoms with E-state index in [0.29, 0.717) is 17.5 Å². The molecular formula is C15H29NO4. The van der Waals surface area contributed by atoms with E-state index in [-0.39, 0.29) is 12.4 Å². The van der Waals surface area contributed by atoms with Gasteiger partial charge in [-0.25, -0.2) is 0 Å². The van der Waals surface area contributed by atoms with Gasteiger partial charge in [0.15, 0.2) is 0 Å². The highest BCUT2D eigenvalue weighted by molar-refractivity contribution is 5.75. The monoisotopic (exact) mass is 287 g/mol. The molecule has 0 saturated heterocycles. The average molecular weight is 287 g/mol. The molecule has 0 spiro atoms. The van der Waals surface area contributed by atoms with Gasteiger partial charge in [0.1, 0.15) is 13.2 Å². The fourth-order valence-corrected chi connectivity index (χ4v) is 1.65. The Hall–Kier alpha value is -1.10. The first-order valence-corrected chi connectivity index (χ1v) is 7.30. The van der Waals surface area contributed by atoms with Crippen LogP contribution < -0.4 is 5.11 Å². The summed E-state index contributed by atoms with van der Waals surface area (Å²) in [5.74, 6) is -1.15. The van der Waals surface area contributed by atoms with Gasteiger partial charge >= 0.3 is 5.97 Å². The van der Waals surface area contributed by atoms with E-state index in [1.165, 1.54) is 0 Å². The van der Waals surface area contributed by atoms with Crippen molar-refractivity contribution in [2.45, 2.75) is 46.5 Å². The molecule has 0 aliphatic carbocycles. The normalized spacial score (nSPS) is 12.2. The molecule has 0 rings (SSSR count). The average Bonchev–Trinajstić information content (AvgIpc) is 2.34. The van der Waals surface area contributed by atoms with E-state index in [1.807, 2.05) is 20.8 Å². The molecule has 0 bridgehead atoms. The number of nitrogens with zero attached hydrogens (tertiary/aromatic N) is 1. The molecule has 0 N–H and O–H groups in total. The maximum atomic E-state index is 11.8. The maximum Gasteiger partial charge on any atom is 0.311 e. The summed E-state index contributed by atoms with van der Waals surface area (Å²) in [6.45, 7) is 7.73. The van der Waals surface area contributed by atoms with Crippen LogP contribution in [-0.4, -0.2) is 50.2 Å². The molecule has 0 aromatic heterocycles. The lowest BCUT2D eigenvalue weighted by molar-refractivity contribution is -0.890. The smallest absolute Gasteiger partial charge is 0.311 e. The molecule has 5 heteroatoms. The topological polar surface area (TPSA) is 66.4 Å². The van der Waals surface area contributed by atoms with Gasteiger partial charge in [0.25, 0.3) is 0 Å². The maximum absolute atomic E-state index is 11.8. The van der Waals surface area contributed by atoms with Crippen LogP contribution in [-0.2, 0) is 14.3 Å². The zero-order valence-electron chi connectivity index (χ0n) is 13.5. The number of carbonyl (C=O) groups excluding carboxylic acids is 2. The zero-order valence-corrected chi connectivity index (χ0v) is 13.5. The number of hydrogen-bond acceptors (Lipinski definition) is 4. The molecule has 0 unspecified atom stereocenters. The highest BCUT2D eigenvalue weighted by Gasteiger charge is 2.27. The van der Waals surface area contributed by atoms with Crippen LogP contribution in [0, 0.1) is 5.41 Å². The Morgan fingerprint density at radius 3 is 2.25 bits per heavy atom. The Bertz CT molecular complexity index is 324. The Morgan fingerprint density at radius 1 is 1.15 bits per heavy atom. The Morgan fingerprint density at radius 2 is 1.75 bits per heavy atom. The lowest BCUT2D eigenvalue weighted by Gasteiger charge is -2.30. The number of hydrogen-bond donors (Lipinski definition) is 0. The highest BCUT2D eigenvalue weighted by atomic mass is 16.5. The van der Waals surface area contributed by atoms with Gasteiger partial charge in [-0.3, -0.25) is 4.79 Å². The van der Waals surface area contributed by atoms with E-state index in [2.05, 4.69) is 14.1 Å². The second kappa shape index (κ2) is 8.25. The minimum Gasteiger partial charge on any atom is -0.550 e. The molecular weight excluding hydrogens is 258 g/mol. The van der Waals surface area contributed by atoms with Crippen LogP contribution in [0.1, 0.15) is 46.5 Å². The third kappa shape index (κ3) is 8.15. The number of esters is 1. The molecule has 0 amide bonds. The molecule has 0 aliphatic heterocycles. The van der Waals surface area contributed by atoms with Crippen molar-refractivity contribution in [2.24, 2.45) is 5.41 Å². The van der Waals surface area contributed by atoms with Crippen LogP contribution in [0.3, 0.4) is 0 Å². The predicted molar refractivity (Wildman–Crippen MR) is 75.7 cm³/mol. The van der Waals surface area contributed by atoms with E-state index in [9.17, 15) is 14.7 Å². The minimum absolute atomic E-state index is 0.111. The van der Waals surface area contributed by atoms with Crippen molar-refractivity contribution in [2.75, 3.05) is 33.8 Å². The molecule has 0 aromatic rings. The number of quaternary nitrogens is 1. The Kier molecular flexibility index (Phi) is 7.79. The van der Waals surface area contributed by atoms with Crippen molar-refractivity contribution in [1.82, 2.24) is 0 Å². The molecule has 0 aliphatic rings. The van der Waals surface area contributed by atoms with Gasteiger partial charge in [0.05, 0.1) is 26.1 Å². The van der Waals surface area contributed by atoms with E-state index in [4.69, 9.17) is 4.74 Å². The fourth-order valence-electron chi connectivity index (χ4n) is 1.65. The summed E-state index contributed by atoms with van der Waals surface area (Å²) in [4.78, 5) is 22.1. The second-order valence-corrected chi connectivity index (χ2v) is 6.59. The molecule has 0 radical (unpaired) electrons. The summed E-state index contributed by atoms with van der Waals surface area (Å²) in [7, 11) is 4.11. The van der Waals surface area contributed by atoms with Crippen LogP contribution >= 0.6 is 0 Å². The Balaban J connectivity index is 3.93. The molecule has 0 heterocycles. The van der Waals surface area contributed by atoms with Crippen LogP contribution in [0.5, 0.6) is 0 Å². The number of rotatable bonds is 10. The van der Waals surface area contributed by atoms with Crippen molar-refractivity contribution in [3.05, 3.63) is 0 Å². The number of likely N-dealkylation sites (N-methyl/N-ethyl adjacent to an activating group) is 1. The van der Waals surface area contributed by atoms with Gasteiger partial charge in [-0.05, 0) is 39.5 Å². The lowest BCUT2D eigenvalue weighted by atomic mass is 9.91. The first-order chi connectivity index (χ1) is 9.10. The molecule has 0 saturated carbocycles. The van der Waals surface area contributed by atoms with Crippen molar-refractivity contribution in [1.29, 1.82) is 0 Å². The number of carbonyl (C=O) groups is 2. The summed E-state index contributed by atoms with van der Waals surface area (Å²) < 4.78 is 6.03. The number of aliphatic carboxylic acids is 1. The number of ether oxygens (including phenoxy) is 1. The van der Waals surface area contributed by atoms with Gasteiger partial charge in [-0.2, -0.15) is 0 Å². The zero-order chi connectivity index (χ0) is 15.8. The van der Waals surface area contributed by atoms with Gasteiger partial charge in [0, 0.05) is 5.97 Å². The fraction of sp³-hybridized carbons (Fsp3) is 0.867. The van der Waals surface area contributed by atoms with Gasteiger partial charge in [-0.1, -0.05) is 6.92 Å². The number of carboxylic acids is 1. The van der Waals surface area contributed by atoms with Crippen LogP contribution in [0.4, 0.5) is 0 Å². The van der Waals surface area contributed by atoms with Gasteiger partial charge in [0.2, 0.25) is 0 Å². The van der Waals surface area contributed by atoms with Gasteiger partial charge < -0.3 is 19.1 Å². The van der Waals surface area contributed by atoms with Crippen LogP contribution in [0.2, 0.25) is 0 Å². The third-order valence-electron chi connectivity index (χ3n) is 3.76. The van der Waals surface area contributed by atoms with E-state index < -0.39 is 11.4 Å². The minimum atomic E-state index is -0.994.